The van der Waals surface area contributed by atoms with Gasteiger partial charge >= 0.3 is 6.03 Å². The predicted octanol–water partition coefficient (Wildman–Crippen LogP) is 3.84. The maximum Gasteiger partial charge on any atom is 0.317 e. The number of hydrogen-bond donors (Lipinski definition) is 2. The normalized spacial score (nSPS) is 16.5. The first kappa shape index (κ1) is 17.8. The molecular formula is C20H23ClN2O2. The van der Waals surface area contributed by atoms with Gasteiger partial charge in [0.2, 0.25) is 0 Å². The zero-order chi connectivity index (χ0) is 17.9. The Morgan fingerprint density at radius 3 is 2.32 bits per heavy atom. The van der Waals surface area contributed by atoms with Crippen molar-refractivity contribution in [3.05, 3.63) is 70.2 Å². The van der Waals surface area contributed by atoms with Gasteiger partial charge in [0.25, 0.3) is 0 Å². The Labute approximate surface area is 153 Å². The molecule has 0 aliphatic carbocycles. The van der Waals surface area contributed by atoms with Gasteiger partial charge in [0.1, 0.15) is 0 Å². The molecular weight excluding hydrogens is 336 g/mol. The van der Waals surface area contributed by atoms with Gasteiger partial charge in [-0.2, -0.15) is 0 Å². The van der Waals surface area contributed by atoms with Gasteiger partial charge in [-0.3, -0.25) is 0 Å². The van der Waals surface area contributed by atoms with Crippen LogP contribution in [0.3, 0.4) is 0 Å². The number of rotatable bonds is 3. The van der Waals surface area contributed by atoms with Crippen molar-refractivity contribution in [1.82, 2.24) is 10.2 Å². The number of nitrogens with one attached hydrogen (secondary N) is 1. The van der Waals surface area contributed by atoms with Crippen molar-refractivity contribution in [2.24, 2.45) is 0 Å². The van der Waals surface area contributed by atoms with Gasteiger partial charge in [-0.15, -0.1) is 0 Å². The molecule has 1 aliphatic heterocycles. The van der Waals surface area contributed by atoms with Gasteiger partial charge in [0, 0.05) is 24.7 Å². The third-order valence-electron chi connectivity index (χ3n) is 4.82. The van der Waals surface area contributed by atoms with E-state index in [0.29, 0.717) is 37.5 Å². The largest absolute Gasteiger partial charge is 0.385 e. The molecule has 0 atom stereocenters. The highest BCUT2D eigenvalue weighted by molar-refractivity contribution is 6.30. The summed E-state index contributed by atoms with van der Waals surface area (Å²) in [6.07, 6.45) is 1.04. The smallest absolute Gasteiger partial charge is 0.317 e. The van der Waals surface area contributed by atoms with E-state index in [4.69, 9.17) is 11.6 Å². The number of amides is 2. The summed E-state index contributed by atoms with van der Waals surface area (Å²) in [5, 5.41) is 14.5. The summed E-state index contributed by atoms with van der Waals surface area (Å²) >= 11 is 5.91. The standard InChI is InChI=1S/C20H23ClN2O2/c1-15-2-4-16(5-3-15)14-22-19(24)23-12-10-20(25,11-13-23)17-6-8-18(21)9-7-17/h2-9,25H,10-14H2,1H3,(H,22,24). The van der Waals surface area contributed by atoms with E-state index in [9.17, 15) is 9.90 Å². The van der Waals surface area contributed by atoms with E-state index in [2.05, 4.69) is 5.32 Å². The summed E-state index contributed by atoms with van der Waals surface area (Å²) in [5.41, 5.74) is 2.25. The maximum absolute atomic E-state index is 12.3. The quantitative estimate of drug-likeness (QED) is 0.875. The first-order valence-electron chi connectivity index (χ1n) is 8.53. The number of aryl methyl sites for hydroxylation is 1. The number of piperidine rings is 1. The molecule has 2 N–H and O–H groups in total. The van der Waals surface area contributed by atoms with Crippen LogP contribution >= 0.6 is 11.6 Å². The van der Waals surface area contributed by atoms with Crippen molar-refractivity contribution in [3.8, 4) is 0 Å². The molecule has 0 saturated carbocycles. The predicted molar refractivity (Wildman–Crippen MR) is 99.6 cm³/mol. The second kappa shape index (κ2) is 7.46. The van der Waals surface area contributed by atoms with Crippen LogP contribution in [0.25, 0.3) is 0 Å². The molecule has 1 saturated heterocycles. The fraction of sp³-hybridized carbons (Fsp3) is 0.350. The highest BCUT2D eigenvalue weighted by Crippen LogP contribution is 2.33. The third kappa shape index (κ3) is 4.33. The molecule has 3 rings (SSSR count). The molecule has 4 nitrogen and oxygen atoms in total. The molecule has 2 amide bonds. The van der Waals surface area contributed by atoms with Gasteiger partial charge in [0.05, 0.1) is 5.60 Å². The number of carbonyl (C=O) groups is 1. The number of nitrogens with zero attached hydrogens (tertiary/aromatic N) is 1. The zero-order valence-corrected chi connectivity index (χ0v) is 15.1. The molecule has 132 valence electrons. The number of halogens is 1. The van der Waals surface area contributed by atoms with Crippen LogP contribution < -0.4 is 5.32 Å². The van der Waals surface area contributed by atoms with Gasteiger partial charge in [-0.1, -0.05) is 53.6 Å². The molecule has 2 aromatic carbocycles. The van der Waals surface area contributed by atoms with E-state index in [-0.39, 0.29) is 6.03 Å². The molecule has 1 aliphatic rings. The van der Waals surface area contributed by atoms with Crippen molar-refractivity contribution >= 4 is 17.6 Å². The van der Waals surface area contributed by atoms with E-state index in [1.165, 1.54) is 5.56 Å². The first-order valence-corrected chi connectivity index (χ1v) is 8.91. The lowest BCUT2D eigenvalue weighted by atomic mass is 9.84. The van der Waals surface area contributed by atoms with Gasteiger partial charge in [0.15, 0.2) is 0 Å². The molecule has 5 heteroatoms. The third-order valence-corrected chi connectivity index (χ3v) is 5.08. The Hall–Kier alpha value is -2.04. The Kier molecular flexibility index (Phi) is 5.30. The summed E-state index contributed by atoms with van der Waals surface area (Å²) in [7, 11) is 0. The Morgan fingerprint density at radius 2 is 1.72 bits per heavy atom. The maximum atomic E-state index is 12.3. The number of benzene rings is 2. The van der Waals surface area contributed by atoms with Crippen LogP contribution in [0.2, 0.25) is 5.02 Å². The van der Waals surface area contributed by atoms with Gasteiger partial charge in [-0.05, 0) is 43.0 Å². The van der Waals surface area contributed by atoms with Crippen LogP contribution in [0.5, 0.6) is 0 Å². The second-order valence-electron chi connectivity index (χ2n) is 6.67. The van der Waals surface area contributed by atoms with Crippen molar-refractivity contribution in [2.45, 2.75) is 31.9 Å². The molecule has 1 heterocycles. The monoisotopic (exact) mass is 358 g/mol. The van der Waals surface area contributed by atoms with Crippen LogP contribution in [-0.2, 0) is 12.1 Å². The van der Waals surface area contributed by atoms with Crippen LogP contribution in [0, 0.1) is 6.92 Å². The second-order valence-corrected chi connectivity index (χ2v) is 7.11. The summed E-state index contributed by atoms with van der Waals surface area (Å²) in [4.78, 5) is 14.1. The number of hydrogen-bond acceptors (Lipinski definition) is 2. The Morgan fingerprint density at radius 1 is 1.12 bits per heavy atom. The number of likely N-dealkylation sites (tertiary alicyclic amines) is 1. The summed E-state index contributed by atoms with van der Waals surface area (Å²) in [6, 6.07) is 15.3. The van der Waals surface area contributed by atoms with Crippen LogP contribution in [0.1, 0.15) is 29.5 Å². The average molecular weight is 359 g/mol. The lowest BCUT2D eigenvalue weighted by Gasteiger charge is -2.38. The van der Waals surface area contributed by atoms with Crippen molar-refractivity contribution in [1.29, 1.82) is 0 Å². The molecule has 0 aromatic heterocycles. The van der Waals surface area contributed by atoms with E-state index >= 15 is 0 Å². The number of aliphatic hydroxyl groups is 1. The van der Waals surface area contributed by atoms with E-state index in [1.807, 2.05) is 43.3 Å². The Balaban J connectivity index is 1.53. The van der Waals surface area contributed by atoms with Crippen molar-refractivity contribution in [3.63, 3.8) is 0 Å². The summed E-state index contributed by atoms with van der Waals surface area (Å²) in [5.74, 6) is 0. The summed E-state index contributed by atoms with van der Waals surface area (Å²) < 4.78 is 0. The SMILES string of the molecule is Cc1ccc(CNC(=O)N2CCC(O)(c3ccc(Cl)cc3)CC2)cc1. The summed E-state index contributed by atoms with van der Waals surface area (Å²) in [6.45, 7) is 3.60. The average Bonchev–Trinajstić information content (AvgIpc) is 2.62. The number of carbonyl (C=O) groups excluding carboxylic acids is 1. The fourth-order valence-corrected chi connectivity index (χ4v) is 3.25. The zero-order valence-electron chi connectivity index (χ0n) is 14.3. The minimum absolute atomic E-state index is 0.0845. The number of urea groups is 1. The van der Waals surface area contributed by atoms with Crippen molar-refractivity contribution in [2.75, 3.05) is 13.1 Å². The minimum Gasteiger partial charge on any atom is -0.385 e. The molecule has 0 radical (unpaired) electrons. The molecule has 1 fully saturated rings. The van der Waals surface area contributed by atoms with Crippen LogP contribution in [0.4, 0.5) is 4.79 Å². The molecule has 25 heavy (non-hydrogen) atoms. The van der Waals surface area contributed by atoms with Crippen molar-refractivity contribution < 1.29 is 9.90 Å². The fourth-order valence-electron chi connectivity index (χ4n) is 3.12. The van der Waals surface area contributed by atoms with Gasteiger partial charge < -0.3 is 15.3 Å². The lowest BCUT2D eigenvalue weighted by Crippen LogP contribution is -2.48. The van der Waals surface area contributed by atoms with E-state index < -0.39 is 5.60 Å². The molecule has 2 aromatic rings. The molecule has 0 spiro atoms. The minimum atomic E-state index is -0.891. The highest BCUT2D eigenvalue weighted by Gasteiger charge is 2.35. The highest BCUT2D eigenvalue weighted by atomic mass is 35.5. The molecule has 0 unspecified atom stereocenters. The molecule has 0 bridgehead atoms. The van der Waals surface area contributed by atoms with E-state index in [0.717, 1.165) is 11.1 Å². The van der Waals surface area contributed by atoms with E-state index in [1.54, 1.807) is 17.0 Å². The van der Waals surface area contributed by atoms with Gasteiger partial charge in [-0.25, -0.2) is 4.79 Å². The first-order chi connectivity index (χ1) is 12.0. The Bertz CT molecular complexity index is 720. The van der Waals surface area contributed by atoms with Crippen LogP contribution in [0.15, 0.2) is 48.5 Å². The topological polar surface area (TPSA) is 52.6 Å². The van der Waals surface area contributed by atoms with Crippen LogP contribution in [-0.4, -0.2) is 29.1 Å². The lowest BCUT2D eigenvalue weighted by molar-refractivity contribution is -0.0168.